The average molecular weight is 360 g/mol. The van der Waals surface area contributed by atoms with Gasteiger partial charge in [0.2, 0.25) is 0 Å². The van der Waals surface area contributed by atoms with Crippen molar-refractivity contribution in [3.8, 4) is 0 Å². The molecule has 0 spiro atoms. The molecule has 0 bridgehead atoms. The molecular weight excluding hydrogens is 334 g/mol. The molecule has 5 heteroatoms. The van der Waals surface area contributed by atoms with Crippen LogP contribution >= 0.6 is 11.6 Å². The van der Waals surface area contributed by atoms with Crippen molar-refractivity contribution < 1.29 is 5.21 Å². The van der Waals surface area contributed by atoms with Gasteiger partial charge in [-0.1, -0.05) is 37.6 Å². The molecule has 134 valence electrons. The Labute approximate surface area is 154 Å². The molecule has 2 aliphatic rings. The normalized spacial score (nSPS) is 31.3. The van der Waals surface area contributed by atoms with Crippen molar-refractivity contribution in [2.45, 2.75) is 51.5 Å². The molecule has 0 aliphatic heterocycles. The van der Waals surface area contributed by atoms with Gasteiger partial charge < -0.3 is 4.57 Å². The molecule has 2 N–H and O–H groups in total. The van der Waals surface area contributed by atoms with Crippen LogP contribution in [0.15, 0.2) is 30.7 Å². The SMILES string of the molecule is CC1CC2CC(C)CC2(c2ccc(Cn3cnc(NO)c3)c(Cl)c2)C1. The molecule has 25 heavy (non-hydrogen) atoms. The number of hydrogen-bond donors (Lipinski definition) is 2. The van der Waals surface area contributed by atoms with E-state index in [9.17, 15) is 0 Å². The summed E-state index contributed by atoms with van der Waals surface area (Å²) in [5.74, 6) is 2.87. The lowest BCUT2D eigenvalue weighted by Crippen LogP contribution is -2.25. The van der Waals surface area contributed by atoms with Gasteiger partial charge in [-0.2, -0.15) is 0 Å². The van der Waals surface area contributed by atoms with E-state index in [4.69, 9.17) is 16.8 Å². The Morgan fingerprint density at radius 1 is 1.28 bits per heavy atom. The summed E-state index contributed by atoms with van der Waals surface area (Å²) in [5.41, 5.74) is 4.91. The molecule has 2 atom stereocenters. The molecular formula is C20H26ClN3O. The lowest BCUT2D eigenvalue weighted by molar-refractivity contribution is 0.364. The first-order valence-electron chi connectivity index (χ1n) is 9.21. The van der Waals surface area contributed by atoms with Gasteiger partial charge in [0.15, 0.2) is 5.82 Å². The van der Waals surface area contributed by atoms with Gasteiger partial charge in [0.05, 0.1) is 12.9 Å². The highest BCUT2D eigenvalue weighted by molar-refractivity contribution is 6.31. The van der Waals surface area contributed by atoms with E-state index in [0.717, 1.165) is 28.3 Å². The van der Waals surface area contributed by atoms with Crippen molar-refractivity contribution in [1.82, 2.24) is 9.55 Å². The predicted molar refractivity (Wildman–Crippen MR) is 100 cm³/mol. The molecule has 1 heterocycles. The van der Waals surface area contributed by atoms with Crippen LogP contribution in [0.2, 0.25) is 5.02 Å². The average Bonchev–Trinajstić information content (AvgIpc) is 3.21. The molecule has 2 unspecified atom stereocenters. The molecule has 2 aliphatic carbocycles. The fourth-order valence-corrected chi connectivity index (χ4v) is 5.74. The molecule has 1 aromatic heterocycles. The highest BCUT2D eigenvalue weighted by Crippen LogP contribution is 2.59. The molecule has 4 nitrogen and oxygen atoms in total. The number of halogens is 1. The summed E-state index contributed by atoms with van der Waals surface area (Å²) in [6.45, 7) is 5.44. The number of rotatable bonds is 4. The fraction of sp³-hybridized carbons (Fsp3) is 0.550. The highest BCUT2D eigenvalue weighted by Gasteiger charge is 2.51. The van der Waals surface area contributed by atoms with E-state index < -0.39 is 0 Å². The summed E-state index contributed by atoms with van der Waals surface area (Å²) in [6.07, 6.45) is 8.76. The Morgan fingerprint density at radius 3 is 2.60 bits per heavy atom. The van der Waals surface area contributed by atoms with Crippen molar-refractivity contribution in [2.75, 3.05) is 5.48 Å². The second-order valence-corrected chi connectivity index (χ2v) is 8.70. The van der Waals surface area contributed by atoms with E-state index in [2.05, 4.69) is 42.5 Å². The number of nitrogens with one attached hydrogen (secondary N) is 1. The number of nitrogens with zero attached hydrogens (tertiary/aromatic N) is 2. The summed E-state index contributed by atoms with van der Waals surface area (Å²) < 4.78 is 1.91. The molecule has 2 saturated carbocycles. The zero-order chi connectivity index (χ0) is 17.6. The van der Waals surface area contributed by atoms with Gasteiger partial charge in [-0.05, 0) is 66.0 Å². The Morgan fingerprint density at radius 2 is 2.00 bits per heavy atom. The molecule has 0 amide bonds. The van der Waals surface area contributed by atoms with Crippen LogP contribution < -0.4 is 5.48 Å². The number of benzene rings is 1. The Hall–Kier alpha value is -1.52. The smallest absolute Gasteiger partial charge is 0.167 e. The number of hydrogen-bond acceptors (Lipinski definition) is 3. The number of anilines is 1. The lowest BCUT2D eigenvalue weighted by atomic mass is 9.73. The zero-order valence-corrected chi connectivity index (χ0v) is 15.6. The fourth-order valence-electron chi connectivity index (χ4n) is 5.50. The summed E-state index contributed by atoms with van der Waals surface area (Å²) in [7, 11) is 0. The van der Waals surface area contributed by atoms with E-state index in [1.54, 1.807) is 12.5 Å². The first kappa shape index (κ1) is 16.9. The van der Waals surface area contributed by atoms with E-state index in [1.807, 2.05) is 4.57 Å². The van der Waals surface area contributed by atoms with Crippen LogP contribution in [0.4, 0.5) is 5.82 Å². The Balaban J connectivity index is 1.61. The number of imidazole rings is 1. The highest BCUT2D eigenvalue weighted by atomic mass is 35.5. The topological polar surface area (TPSA) is 50.1 Å². The molecule has 1 aromatic carbocycles. The van der Waals surface area contributed by atoms with Gasteiger partial charge in [-0.15, -0.1) is 0 Å². The van der Waals surface area contributed by atoms with Gasteiger partial charge in [-0.3, -0.25) is 10.7 Å². The van der Waals surface area contributed by atoms with Crippen molar-refractivity contribution in [2.24, 2.45) is 17.8 Å². The van der Waals surface area contributed by atoms with Crippen LogP contribution in [0.25, 0.3) is 0 Å². The van der Waals surface area contributed by atoms with Gasteiger partial charge >= 0.3 is 0 Å². The van der Waals surface area contributed by atoms with E-state index in [0.29, 0.717) is 17.8 Å². The molecule has 2 aromatic rings. The van der Waals surface area contributed by atoms with Crippen LogP contribution in [0, 0.1) is 17.8 Å². The third-order valence-electron chi connectivity index (χ3n) is 6.31. The first-order chi connectivity index (χ1) is 12.0. The zero-order valence-electron chi connectivity index (χ0n) is 14.9. The van der Waals surface area contributed by atoms with Crippen molar-refractivity contribution in [3.05, 3.63) is 46.9 Å². The number of fused-ring (bicyclic) bond motifs is 1. The Bertz CT molecular complexity index is 758. The molecule has 2 fully saturated rings. The standard InChI is InChI=1S/C20H26ClN3O/c1-13-5-17-6-14(2)9-20(17,8-13)16-4-3-15(18(21)7-16)10-24-11-19(23-25)22-12-24/h3-4,7,11-14,17,23,25H,5-6,8-10H2,1-2H3. The maximum atomic E-state index is 8.91. The lowest BCUT2D eigenvalue weighted by Gasteiger charge is -2.31. The number of aromatic nitrogens is 2. The van der Waals surface area contributed by atoms with Gasteiger partial charge in [0, 0.05) is 11.2 Å². The molecule has 0 radical (unpaired) electrons. The Kier molecular flexibility index (Phi) is 4.28. The maximum absolute atomic E-state index is 8.91. The molecule has 0 saturated heterocycles. The molecule has 4 rings (SSSR count). The monoisotopic (exact) mass is 359 g/mol. The van der Waals surface area contributed by atoms with Crippen molar-refractivity contribution in [3.63, 3.8) is 0 Å². The summed E-state index contributed by atoms with van der Waals surface area (Å²) in [4.78, 5) is 4.06. The minimum Gasteiger partial charge on any atom is -0.331 e. The van der Waals surface area contributed by atoms with E-state index in [1.165, 1.54) is 31.2 Å². The van der Waals surface area contributed by atoms with Crippen LogP contribution in [-0.2, 0) is 12.0 Å². The van der Waals surface area contributed by atoms with Crippen LogP contribution in [0.1, 0.15) is 50.7 Å². The maximum Gasteiger partial charge on any atom is 0.167 e. The van der Waals surface area contributed by atoms with Gasteiger partial charge in [0.25, 0.3) is 0 Å². The van der Waals surface area contributed by atoms with Crippen molar-refractivity contribution >= 4 is 17.4 Å². The van der Waals surface area contributed by atoms with E-state index in [-0.39, 0.29) is 0 Å². The third kappa shape index (κ3) is 2.96. The minimum atomic E-state index is 0.337. The predicted octanol–water partition coefficient (Wildman–Crippen LogP) is 5.10. The quantitative estimate of drug-likeness (QED) is 0.746. The third-order valence-corrected chi connectivity index (χ3v) is 6.66. The van der Waals surface area contributed by atoms with Crippen LogP contribution in [0.5, 0.6) is 0 Å². The minimum absolute atomic E-state index is 0.337. The van der Waals surface area contributed by atoms with E-state index >= 15 is 0 Å². The largest absolute Gasteiger partial charge is 0.331 e. The second kappa shape index (κ2) is 6.33. The summed E-state index contributed by atoms with van der Waals surface area (Å²) in [6, 6.07) is 6.68. The van der Waals surface area contributed by atoms with Crippen LogP contribution in [0.3, 0.4) is 0 Å². The summed E-state index contributed by atoms with van der Waals surface area (Å²) in [5, 5.41) is 9.74. The van der Waals surface area contributed by atoms with Gasteiger partial charge in [0.1, 0.15) is 0 Å². The van der Waals surface area contributed by atoms with Gasteiger partial charge in [-0.25, -0.2) is 4.98 Å². The van der Waals surface area contributed by atoms with Crippen LogP contribution in [-0.4, -0.2) is 14.8 Å². The second-order valence-electron chi connectivity index (χ2n) is 8.29. The first-order valence-corrected chi connectivity index (χ1v) is 9.59. The van der Waals surface area contributed by atoms with Crippen molar-refractivity contribution in [1.29, 1.82) is 0 Å². The summed E-state index contributed by atoms with van der Waals surface area (Å²) >= 11 is 6.66.